The van der Waals surface area contributed by atoms with E-state index in [9.17, 15) is 0 Å². The molecule has 4 heteroatoms. The summed E-state index contributed by atoms with van der Waals surface area (Å²) in [6, 6.07) is 9.60. The third-order valence-electron chi connectivity index (χ3n) is 2.65. The van der Waals surface area contributed by atoms with Crippen LogP contribution in [0, 0.1) is 0 Å². The molecule has 96 valence electrons. The molecule has 2 aromatic rings. The molecule has 3 nitrogen and oxygen atoms in total. The van der Waals surface area contributed by atoms with Gasteiger partial charge in [0.15, 0.2) is 0 Å². The van der Waals surface area contributed by atoms with Crippen LogP contribution < -0.4 is 10.1 Å². The van der Waals surface area contributed by atoms with Crippen molar-refractivity contribution in [3.63, 3.8) is 0 Å². The standard InChI is InChI=1S/C14H16ClNO2/c1-10(8-12-4-3-7-18-12)16-13-9-11(15)5-6-14(13)17-2/h3-7,9-10,16H,8H2,1-2H3. The van der Waals surface area contributed by atoms with E-state index in [0.717, 1.165) is 23.6 Å². The molecule has 1 heterocycles. The van der Waals surface area contributed by atoms with Crippen LogP contribution in [0.3, 0.4) is 0 Å². The lowest BCUT2D eigenvalue weighted by Crippen LogP contribution is -2.18. The van der Waals surface area contributed by atoms with Crippen LogP contribution in [0.2, 0.25) is 5.02 Å². The van der Waals surface area contributed by atoms with Gasteiger partial charge in [0.1, 0.15) is 11.5 Å². The van der Waals surface area contributed by atoms with E-state index in [-0.39, 0.29) is 6.04 Å². The summed E-state index contributed by atoms with van der Waals surface area (Å²) in [5.41, 5.74) is 0.893. The number of furan rings is 1. The Morgan fingerprint density at radius 2 is 2.22 bits per heavy atom. The Bertz CT molecular complexity index is 497. The molecule has 0 bridgehead atoms. The van der Waals surface area contributed by atoms with E-state index in [2.05, 4.69) is 12.2 Å². The van der Waals surface area contributed by atoms with Crippen LogP contribution in [-0.4, -0.2) is 13.2 Å². The third-order valence-corrected chi connectivity index (χ3v) is 2.89. The van der Waals surface area contributed by atoms with Crippen LogP contribution >= 0.6 is 11.6 Å². The van der Waals surface area contributed by atoms with Gasteiger partial charge in [-0.25, -0.2) is 0 Å². The number of anilines is 1. The molecule has 0 aliphatic heterocycles. The normalized spacial score (nSPS) is 12.2. The first-order valence-electron chi connectivity index (χ1n) is 5.81. The van der Waals surface area contributed by atoms with Crippen LogP contribution in [0.4, 0.5) is 5.69 Å². The molecule has 0 aliphatic rings. The minimum Gasteiger partial charge on any atom is -0.495 e. The van der Waals surface area contributed by atoms with Gasteiger partial charge in [0.2, 0.25) is 0 Å². The van der Waals surface area contributed by atoms with Gasteiger partial charge in [-0.3, -0.25) is 0 Å². The molecule has 1 aromatic carbocycles. The number of hydrogen-bond donors (Lipinski definition) is 1. The SMILES string of the molecule is COc1ccc(Cl)cc1NC(C)Cc1ccco1. The molecular weight excluding hydrogens is 250 g/mol. The quantitative estimate of drug-likeness (QED) is 0.888. The van der Waals surface area contributed by atoms with Crippen LogP contribution in [0.5, 0.6) is 5.75 Å². The predicted molar refractivity (Wildman–Crippen MR) is 73.5 cm³/mol. The summed E-state index contributed by atoms with van der Waals surface area (Å²) >= 11 is 5.99. The van der Waals surface area contributed by atoms with Crippen LogP contribution in [0.15, 0.2) is 41.0 Å². The second-order valence-electron chi connectivity index (χ2n) is 4.17. The van der Waals surface area contributed by atoms with Gasteiger partial charge in [-0.05, 0) is 37.3 Å². The van der Waals surface area contributed by atoms with Gasteiger partial charge in [-0.15, -0.1) is 0 Å². The van der Waals surface area contributed by atoms with Crippen molar-refractivity contribution in [1.29, 1.82) is 0 Å². The lowest BCUT2D eigenvalue weighted by atomic mass is 10.2. The maximum absolute atomic E-state index is 5.99. The Morgan fingerprint density at radius 1 is 1.39 bits per heavy atom. The molecular formula is C14H16ClNO2. The molecule has 0 aliphatic carbocycles. The zero-order valence-corrected chi connectivity index (χ0v) is 11.2. The number of rotatable bonds is 5. The van der Waals surface area contributed by atoms with Crippen molar-refractivity contribution >= 4 is 17.3 Å². The molecule has 18 heavy (non-hydrogen) atoms. The number of nitrogens with one attached hydrogen (secondary N) is 1. The number of ether oxygens (including phenoxy) is 1. The van der Waals surface area contributed by atoms with E-state index in [1.807, 2.05) is 30.3 Å². The topological polar surface area (TPSA) is 34.4 Å². The van der Waals surface area contributed by atoms with Gasteiger partial charge in [0.25, 0.3) is 0 Å². The molecule has 0 radical (unpaired) electrons. The first-order chi connectivity index (χ1) is 8.69. The number of halogens is 1. The molecule has 1 N–H and O–H groups in total. The zero-order chi connectivity index (χ0) is 13.0. The molecule has 1 atom stereocenters. The summed E-state index contributed by atoms with van der Waals surface area (Å²) in [6.45, 7) is 2.09. The fourth-order valence-electron chi connectivity index (χ4n) is 1.84. The summed E-state index contributed by atoms with van der Waals surface area (Å²) in [7, 11) is 1.64. The van der Waals surface area contributed by atoms with E-state index in [0.29, 0.717) is 5.02 Å². The molecule has 2 rings (SSSR count). The summed E-state index contributed by atoms with van der Waals surface area (Å²) in [5, 5.41) is 4.05. The highest BCUT2D eigenvalue weighted by Gasteiger charge is 2.09. The lowest BCUT2D eigenvalue weighted by Gasteiger charge is -2.16. The largest absolute Gasteiger partial charge is 0.495 e. The smallest absolute Gasteiger partial charge is 0.142 e. The average molecular weight is 266 g/mol. The van der Waals surface area contributed by atoms with Gasteiger partial charge in [0.05, 0.1) is 19.1 Å². The summed E-state index contributed by atoms with van der Waals surface area (Å²) < 4.78 is 10.6. The fourth-order valence-corrected chi connectivity index (χ4v) is 2.01. The van der Waals surface area contributed by atoms with Crippen molar-refractivity contribution in [3.8, 4) is 5.75 Å². The van der Waals surface area contributed by atoms with Crippen molar-refractivity contribution in [2.45, 2.75) is 19.4 Å². The predicted octanol–water partition coefficient (Wildman–Crippen LogP) is 3.98. The Labute approximate surface area is 112 Å². The molecule has 0 saturated heterocycles. The van der Waals surface area contributed by atoms with Gasteiger partial charge in [-0.2, -0.15) is 0 Å². The second kappa shape index (κ2) is 5.83. The highest BCUT2D eigenvalue weighted by molar-refractivity contribution is 6.30. The Hall–Kier alpha value is -1.61. The van der Waals surface area contributed by atoms with Crippen LogP contribution in [0.25, 0.3) is 0 Å². The summed E-state index contributed by atoms with van der Waals surface area (Å²) in [6.07, 6.45) is 2.49. The van der Waals surface area contributed by atoms with E-state index < -0.39 is 0 Å². The highest BCUT2D eigenvalue weighted by atomic mass is 35.5. The van der Waals surface area contributed by atoms with E-state index in [4.69, 9.17) is 20.8 Å². The minimum absolute atomic E-state index is 0.225. The van der Waals surface area contributed by atoms with Crippen molar-refractivity contribution in [3.05, 3.63) is 47.4 Å². The first kappa shape index (κ1) is 12.8. The third kappa shape index (κ3) is 3.20. The fraction of sp³-hybridized carbons (Fsp3) is 0.286. The minimum atomic E-state index is 0.225. The molecule has 1 unspecified atom stereocenters. The molecule has 0 amide bonds. The van der Waals surface area contributed by atoms with Crippen LogP contribution in [-0.2, 0) is 6.42 Å². The monoisotopic (exact) mass is 265 g/mol. The van der Waals surface area contributed by atoms with Crippen molar-refractivity contribution in [2.24, 2.45) is 0 Å². The zero-order valence-electron chi connectivity index (χ0n) is 10.4. The number of methoxy groups -OCH3 is 1. The number of benzene rings is 1. The van der Waals surface area contributed by atoms with Crippen molar-refractivity contribution in [1.82, 2.24) is 0 Å². The molecule has 0 spiro atoms. The highest BCUT2D eigenvalue weighted by Crippen LogP contribution is 2.28. The molecule has 1 aromatic heterocycles. The Kier molecular flexibility index (Phi) is 4.15. The molecule has 0 fully saturated rings. The maximum Gasteiger partial charge on any atom is 0.142 e. The van der Waals surface area contributed by atoms with E-state index in [1.165, 1.54) is 0 Å². The van der Waals surface area contributed by atoms with Gasteiger partial charge < -0.3 is 14.5 Å². The van der Waals surface area contributed by atoms with Gasteiger partial charge >= 0.3 is 0 Å². The Balaban J connectivity index is 2.06. The number of hydrogen-bond acceptors (Lipinski definition) is 3. The lowest BCUT2D eigenvalue weighted by molar-refractivity contribution is 0.415. The first-order valence-corrected chi connectivity index (χ1v) is 6.19. The van der Waals surface area contributed by atoms with Gasteiger partial charge in [0, 0.05) is 17.5 Å². The second-order valence-corrected chi connectivity index (χ2v) is 4.61. The Morgan fingerprint density at radius 3 is 2.89 bits per heavy atom. The summed E-state index contributed by atoms with van der Waals surface area (Å²) in [4.78, 5) is 0. The average Bonchev–Trinajstić information content (AvgIpc) is 2.82. The summed E-state index contributed by atoms with van der Waals surface area (Å²) in [5.74, 6) is 1.74. The van der Waals surface area contributed by atoms with Gasteiger partial charge in [-0.1, -0.05) is 11.6 Å². The van der Waals surface area contributed by atoms with Crippen molar-refractivity contribution < 1.29 is 9.15 Å². The van der Waals surface area contributed by atoms with E-state index in [1.54, 1.807) is 13.4 Å². The van der Waals surface area contributed by atoms with Crippen LogP contribution in [0.1, 0.15) is 12.7 Å². The maximum atomic E-state index is 5.99. The van der Waals surface area contributed by atoms with E-state index >= 15 is 0 Å². The molecule has 0 saturated carbocycles. The van der Waals surface area contributed by atoms with Crippen molar-refractivity contribution in [2.75, 3.05) is 12.4 Å².